The van der Waals surface area contributed by atoms with Crippen molar-refractivity contribution in [2.75, 3.05) is 5.32 Å². The Bertz CT molecular complexity index is 982. The van der Waals surface area contributed by atoms with Gasteiger partial charge in [-0.15, -0.1) is 0 Å². The Labute approximate surface area is 148 Å². The number of anilines is 1. The maximum Gasteiger partial charge on any atom is 0.244 e. The second-order valence-electron chi connectivity index (χ2n) is 5.87. The molecule has 0 saturated heterocycles. The van der Waals surface area contributed by atoms with E-state index in [4.69, 9.17) is 11.6 Å². The fraction of sp³-hybridized carbons (Fsp3) is 0.167. The lowest BCUT2D eigenvalue weighted by atomic mass is 10.1. The number of halogens is 1. The first-order valence-electron chi connectivity index (χ1n) is 7.91. The van der Waals surface area contributed by atoms with E-state index in [2.05, 4.69) is 15.6 Å². The van der Waals surface area contributed by atoms with Gasteiger partial charge in [-0.1, -0.05) is 41.9 Å². The average molecular weight is 355 g/mol. The van der Waals surface area contributed by atoms with Gasteiger partial charge in [-0.05, 0) is 23.8 Å². The first-order chi connectivity index (χ1) is 12.1. The summed E-state index contributed by atoms with van der Waals surface area (Å²) in [6.07, 6.45) is 0.0711. The molecule has 1 aliphatic heterocycles. The predicted molar refractivity (Wildman–Crippen MR) is 95.3 cm³/mol. The highest BCUT2D eigenvalue weighted by Gasteiger charge is 2.32. The van der Waals surface area contributed by atoms with Gasteiger partial charge in [0.05, 0.1) is 17.5 Å². The van der Waals surface area contributed by atoms with Gasteiger partial charge in [0.2, 0.25) is 17.8 Å². The number of rotatable bonds is 3. The molecule has 0 saturated carbocycles. The predicted octanol–water partition coefficient (Wildman–Crippen LogP) is 2.89. The summed E-state index contributed by atoms with van der Waals surface area (Å²) >= 11 is 6.13. The maximum atomic E-state index is 12.7. The van der Waals surface area contributed by atoms with Crippen molar-refractivity contribution in [1.29, 1.82) is 0 Å². The van der Waals surface area contributed by atoms with Crippen LogP contribution in [-0.2, 0) is 16.1 Å². The molecule has 2 heterocycles. The lowest BCUT2D eigenvalue weighted by Crippen LogP contribution is -2.38. The summed E-state index contributed by atoms with van der Waals surface area (Å²) in [5.41, 5.74) is 2.38. The number of nitrogens with one attached hydrogen (secondary N) is 2. The summed E-state index contributed by atoms with van der Waals surface area (Å²) in [5, 5.41) is 6.20. The third-order valence-corrected chi connectivity index (χ3v) is 4.62. The molecule has 1 atom stereocenters. The van der Waals surface area contributed by atoms with Gasteiger partial charge < -0.3 is 5.32 Å². The molecule has 4 rings (SSSR count). The topological polar surface area (TPSA) is 76.0 Å². The molecule has 0 bridgehead atoms. The van der Waals surface area contributed by atoms with Crippen LogP contribution in [0.25, 0.3) is 11.0 Å². The van der Waals surface area contributed by atoms with Crippen LogP contribution in [0.2, 0.25) is 5.02 Å². The molecule has 25 heavy (non-hydrogen) atoms. The van der Waals surface area contributed by atoms with E-state index in [0.717, 1.165) is 16.6 Å². The smallest absolute Gasteiger partial charge is 0.244 e. The first-order valence-corrected chi connectivity index (χ1v) is 8.29. The average Bonchev–Trinajstić information content (AvgIpc) is 2.98. The lowest BCUT2D eigenvalue weighted by Gasteiger charge is -2.25. The van der Waals surface area contributed by atoms with Crippen molar-refractivity contribution in [2.24, 2.45) is 0 Å². The third-order valence-electron chi connectivity index (χ3n) is 4.25. The molecule has 1 aliphatic rings. The van der Waals surface area contributed by atoms with Crippen molar-refractivity contribution in [1.82, 2.24) is 14.9 Å². The Morgan fingerprint density at radius 1 is 1.24 bits per heavy atom. The lowest BCUT2D eigenvalue weighted by molar-refractivity contribution is -0.128. The number of fused-ring (bicyclic) bond motifs is 3. The van der Waals surface area contributed by atoms with Crippen molar-refractivity contribution < 1.29 is 9.59 Å². The minimum Gasteiger partial charge on any atom is -0.350 e. The number of carbonyl (C=O) groups excluding carboxylic acids is 2. The number of aromatic nitrogens is 2. The Morgan fingerprint density at radius 2 is 2.00 bits per heavy atom. The van der Waals surface area contributed by atoms with E-state index in [1.165, 1.54) is 0 Å². The van der Waals surface area contributed by atoms with Crippen LogP contribution in [0.5, 0.6) is 0 Å². The van der Waals surface area contributed by atoms with E-state index >= 15 is 0 Å². The van der Waals surface area contributed by atoms with Crippen LogP contribution in [-0.4, -0.2) is 21.4 Å². The zero-order valence-electron chi connectivity index (χ0n) is 13.2. The fourth-order valence-electron chi connectivity index (χ4n) is 3.04. The Morgan fingerprint density at radius 3 is 2.84 bits per heavy atom. The normalized spacial score (nSPS) is 16.4. The van der Waals surface area contributed by atoms with Crippen LogP contribution in [0.3, 0.4) is 0 Å². The Kier molecular flexibility index (Phi) is 3.89. The zero-order chi connectivity index (χ0) is 17.4. The Hall–Kier alpha value is -2.86. The molecule has 2 N–H and O–H groups in total. The summed E-state index contributed by atoms with van der Waals surface area (Å²) < 4.78 is 1.78. The van der Waals surface area contributed by atoms with Crippen LogP contribution in [0.4, 0.5) is 5.95 Å². The molecule has 1 aromatic heterocycles. The number of benzene rings is 2. The van der Waals surface area contributed by atoms with E-state index < -0.39 is 6.04 Å². The molecule has 0 spiro atoms. The first kappa shape index (κ1) is 15.7. The second-order valence-corrected chi connectivity index (χ2v) is 6.28. The van der Waals surface area contributed by atoms with Gasteiger partial charge in [0, 0.05) is 11.6 Å². The van der Waals surface area contributed by atoms with Gasteiger partial charge in [-0.2, -0.15) is 0 Å². The van der Waals surface area contributed by atoms with Crippen molar-refractivity contribution in [3.05, 3.63) is 59.1 Å². The van der Waals surface area contributed by atoms with E-state index in [1.54, 1.807) is 10.6 Å². The molecule has 2 aromatic carbocycles. The Balaban J connectivity index is 1.63. The van der Waals surface area contributed by atoms with Crippen LogP contribution >= 0.6 is 11.6 Å². The van der Waals surface area contributed by atoms with Crippen LogP contribution in [0.15, 0.2) is 48.5 Å². The molecule has 0 fully saturated rings. The molecule has 1 unspecified atom stereocenters. The van der Waals surface area contributed by atoms with Crippen molar-refractivity contribution in [2.45, 2.75) is 19.0 Å². The van der Waals surface area contributed by atoms with Gasteiger partial charge in [0.25, 0.3) is 0 Å². The number of nitrogens with zero attached hydrogens (tertiary/aromatic N) is 2. The van der Waals surface area contributed by atoms with Crippen LogP contribution < -0.4 is 10.6 Å². The molecular weight excluding hydrogens is 340 g/mol. The van der Waals surface area contributed by atoms with Gasteiger partial charge >= 0.3 is 0 Å². The fourth-order valence-corrected chi connectivity index (χ4v) is 3.25. The zero-order valence-corrected chi connectivity index (χ0v) is 14.0. The molecule has 2 amide bonds. The van der Waals surface area contributed by atoms with E-state index in [9.17, 15) is 9.59 Å². The monoisotopic (exact) mass is 354 g/mol. The van der Waals surface area contributed by atoms with Crippen LogP contribution in [0, 0.1) is 0 Å². The van der Waals surface area contributed by atoms with Crippen molar-refractivity contribution >= 4 is 40.4 Å². The highest BCUT2D eigenvalue weighted by molar-refractivity contribution is 6.31. The van der Waals surface area contributed by atoms with E-state index in [1.807, 2.05) is 42.5 Å². The molecular formula is C18H15ClN4O2. The SMILES string of the molecule is O=C1CC(C(=O)NCc2ccccc2Cl)n2c(nc3ccccc32)N1. The van der Waals surface area contributed by atoms with E-state index in [-0.39, 0.29) is 18.2 Å². The highest BCUT2D eigenvalue weighted by atomic mass is 35.5. The number of para-hydroxylation sites is 2. The maximum absolute atomic E-state index is 12.7. The summed E-state index contributed by atoms with van der Waals surface area (Å²) in [6, 6.07) is 14.2. The number of hydrogen-bond donors (Lipinski definition) is 2. The van der Waals surface area contributed by atoms with Gasteiger partial charge in [0.15, 0.2) is 0 Å². The van der Waals surface area contributed by atoms with Crippen molar-refractivity contribution in [3.63, 3.8) is 0 Å². The quantitative estimate of drug-likeness (QED) is 0.759. The summed E-state index contributed by atoms with van der Waals surface area (Å²) in [4.78, 5) is 29.1. The minimum atomic E-state index is -0.640. The summed E-state index contributed by atoms with van der Waals surface area (Å²) in [7, 11) is 0. The number of amides is 2. The highest BCUT2D eigenvalue weighted by Crippen LogP contribution is 2.30. The number of carbonyl (C=O) groups is 2. The molecule has 126 valence electrons. The standard InChI is InChI=1S/C18H15ClN4O2/c19-12-6-2-1-5-11(12)10-20-17(25)15-9-16(24)22-18-21-13-7-3-4-8-14(13)23(15)18/h1-8,15H,9-10H2,(H,20,25)(H,21,22,24). The van der Waals surface area contributed by atoms with Gasteiger partial charge in [-0.3, -0.25) is 19.5 Å². The second kappa shape index (κ2) is 6.22. The third kappa shape index (κ3) is 2.85. The minimum absolute atomic E-state index is 0.0711. The summed E-state index contributed by atoms with van der Waals surface area (Å²) in [6.45, 7) is 0.304. The molecule has 6 nitrogen and oxygen atoms in total. The number of imidazole rings is 1. The van der Waals surface area contributed by atoms with Gasteiger partial charge in [-0.25, -0.2) is 4.98 Å². The van der Waals surface area contributed by atoms with Crippen molar-refractivity contribution in [3.8, 4) is 0 Å². The number of hydrogen-bond acceptors (Lipinski definition) is 3. The molecule has 7 heteroatoms. The largest absolute Gasteiger partial charge is 0.350 e. The van der Waals surface area contributed by atoms with Gasteiger partial charge in [0.1, 0.15) is 6.04 Å². The van der Waals surface area contributed by atoms with Crippen LogP contribution in [0.1, 0.15) is 18.0 Å². The molecule has 3 aromatic rings. The molecule has 0 radical (unpaired) electrons. The van der Waals surface area contributed by atoms with E-state index in [0.29, 0.717) is 17.5 Å². The summed E-state index contributed by atoms with van der Waals surface area (Å²) in [5.74, 6) is -0.0600. The molecule has 0 aliphatic carbocycles.